The van der Waals surface area contributed by atoms with E-state index in [1.807, 2.05) is 30.3 Å². The summed E-state index contributed by atoms with van der Waals surface area (Å²) in [5, 5.41) is 32.1. The minimum Gasteiger partial charge on any atom is -0.469 e. The van der Waals surface area contributed by atoms with Crippen LogP contribution in [0.4, 0.5) is 0 Å². The molecule has 2 aromatic rings. The van der Waals surface area contributed by atoms with E-state index in [0.29, 0.717) is 18.5 Å². The second kappa shape index (κ2) is 12.4. The minimum absolute atomic E-state index is 0.201. The molecule has 1 heterocycles. The zero-order valence-corrected chi connectivity index (χ0v) is 17.8. The maximum atomic E-state index is 11.2. The number of ether oxygens (including phenoxy) is 1. The lowest BCUT2D eigenvalue weighted by molar-refractivity contribution is -0.140. The van der Waals surface area contributed by atoms with Crippen molar-refractivity contribution in [1.29, 1.82) is 0 Å². The third-order valence-corrected chi connectivity index (χ3v) is 5.16. The molecule has 2 rings (SSSR count). The Morgan fingerprint density at radius 2 is 1.90 bits per heavy atom. The van der Waals surface area contributed by atoms with Crippen LogP contribution in [0.2, 0.25) is 0 Å². The summed E-state index contributed by atoms with van der Waals surface area (Å²) in [6.45, 7) is 2.12. The average Bonchev–Trinajstić information content (AvgIpc) is 2.76. The van der Waals surface area contributed by atoms with Gasteiger partial charge in [0.2, 0.25) is 0 Å². The molecule has 164 valence electrons. The van der Waals surface area contributed by atoms with Crippen molar-refractivity contribution in [2.24, 2.45) is 0 Å². The lowest BCUT2D eigenvalue weighted by Crippen LogP contribution is -2.23. The number of methoxy groups -OCH3 is 1. The molecule has 0 unspecified atom stereocenters. The fourth-order valence-electron chi connectivity index (χ4n) is 3.33. The molecule has 0 bridgehead atoms. The van der Waals surface area contributed by atoms with Crippen molar-refractivity contribution in [2.75, 3.05) is 7.11 Å². The predicted octanol–water partition coefficient (Wildman–Crippen LogP) is 3.93. The molecular formula is C24H33NO5. The van der Waals surface area contributed by atoms with E-state index in [1.54, 1.807) is 6.08 Å². The van der Waals surface area contributed by atoms with Crippen LogP contribution in [0.3, 0.4) is 0 Å². The highest BCUT2D eigenvalue weighted by Crippen LogP contribution is 2.26. The van der Waals surface area contributed by atoms with Gasteiger partial charge in [0.1, 0.15) is 0 Å². The van der Waals surface area contributed by atoms with Crippen LogP contribution < -0.4 is 0 Å². The van der Waals surface area contributed by atoms with Crippen LogP contribution in [0.25, 0.3) is 17.0 Å². The smallest absolute Gasteiger partial charge is 0.305 e. The number of rotatable bonds is 12. The van der Waals surface area contributed by atoms with Gasteiger partial charge in [-0.15, -0.1) is 0 Å². The number of esters is 1. The van der Waals surface area contributed by atoms with E-state index in [2.05, 4.69) is 16.6 Å². The SMILES string of the molecule is CCCCC[C@H](O)c1nc2ccccc2cc1/C=C/[C@@H](O)[C@@H](O)CCCC(=O)OC. The van der Waals surface area contributed by atoms with Crippen molar-refractivity contribution < 1.29 is 24.9 Å². The summed E-state index contributed by atoms with van der Waals surface area (Å²) in [4.78, 5) is 15.8. The first-order valence-corrected chi connectivity index (χ1v) is 10.6. The van der Waals surface area contributed by atoms with Crippen LogP contribution in [0, 0.1) is 0 Å². The summed E-state index contributed by atoms with van der Waals surface area (Å²) >= 11 is 0. The van der Waals surface area contributed by atoms with Crippen molar-refractivity contribution in [3.05, 3.63) is 47.7 Å². The standard InChI is InChI=1S/C24H33NO5/c1-3-4-5-11-22(28)24-18(16-17-9-6-7-10-19(17)25-24)14-15-21(27)20(26)12-8-13-23(29)30-2/h6-7,9-10,14-16,20-22,26-28H,3-5,8,11-13H2,1-2H3/b15-14+/t20-,21+,22-/m0/s1. The van der Waals surface area contributed by atoms with E-state index < -0.39 is 18.3 Å². The van der Waals surface area contributed by atoms with Crippen LogP contribution in [0.1, 0.15) is 69.2 Å². The fraction of sp³-hybridized carbons (Fsp3) is 0.500. The number of hydrogen-bond acceptors (Lipinski definition) is 6. The summed E-state index contributed by atoms with van der Waals surface area (Å²) in [6, 6.07) is 9.63. The summed E-state index contributed by atoms with van der Waals surface area (Å²) in [7, 11) is 1.32. The van der Waals surface area contributed by atoms with Crippen LogP contribution in [0.15, 0.2) is 36.4 Å². The normalized spacial score (nSPS) is 14.7. The minimum atomic E-state index is -1.08. The molecule has 3 atom stereocenters. The summed E-state index contributed by atoms with van der Waals surface area (Å²) in [5.41, 5.74) is 2.11. The Balaban J connectivity index is 2.15. The number of para-hydroxylation sites is 1. The molecule has 0 spiro atoms. The lowest BCUT2D eigenvalue weighted by atomic mass is 10.00. The Morgan fingerprint density at radius 1 is 1.13 bits per heavy atom. The highest BCUT2D eigenvalue weighted by Gasteiger charge is 2.17. The molecule has 0 saturated carbocycles. The molecule has 1 aromatic heterocycles. The number of nitrogens with zero attached hydrogens (tertiary/aromatic N) is 1. The van der Waals surface area contributed by atoms with Crippen molar-refractivity contribution >= 4 is 22.9 Å². The van der Waals surface area contributed by atoms with Gasteiger partial charge in [-0.1, -0.05) is 56.5 Å². The van der Waals surface area contributed by atoms with Gasteiger partial charge in [-0.3, -0.25) is 4.79 Å². The number of unbranched alkanes of at least 4 members (excludes halogenated alkanes) is 2. The van der Waals surface area contributed by atoms with E-state index >= 15 is 0 Å². The first-order chi connectivity index (χ1) is 14.5. The molecule has 0 aliphatic heterocycles. The van der Waals surface area contributed by atoms with Gasteiger partial charge in [-0.2, -0.15) is 0 Å². The van der Waals surface area contributed by atoms with Crippen molar-refractivity contribution in [3.63, 3.8) is 0 Å². The van der Waals surface area contributed by atoms with E-state index in [1.165, 1.54) is 13.2 Å². The Bertz CT molecular complexity index is 835. The average molecular weight is 416 g/mol. The van der Waals surface area contributed by atoms with Crippen LogP contribution in [-0.2, 0) is 9.53 Å². The van der Waals surface area contributed by atoms with Gasteiger partial charge in [0, 0.05) is 11.8 Å². The summed E-state index contributed by atoms with van der Waals surface area (Å²) in [5.74, 6) is -0.337. The summed E-state index contributed by atoms with van der Waals surface area (Å²) < 4.78 is 4.58. The molecule has 3 N–H and O–H groups in total. The van der Waals surface area contributed by atoms with Gasteiger partial charge < -0.3 is 20.1 Å². The topological polar surface area (TPSA) is 99.9 Å². The second-order valence-corrected chi connectivity index (χ2v) is 7.55. The number of aliphatic hydroxyl groups excluding tert-OH is 3. The van der Waals surface area contributed by atoms with E-state index in [-0.39, 0.29) is 18.8 Å². The van der Waals surface area contributed by atoms with E-state index in [9.17, 15) is 20.1 Å². The number of hydrogen-bond donors (Lipinski definition) is 3. The van der Waals surface area contributed by atoms with Gasteiger partial charge in [0.05, 0.1) is 36.6 Å². The molecule has 30 heavy (non-hydrogen) atoms. The van der Waals surface area contributed by atoms with Crippen LogP contribution in [-0.4, -0.2) is 45.6 Å². The highest BCUT2D eigenvalue weighted by atomic mass is 16.5. The van der Waals surface area contributed by atoms with E-state index in [0.717, 1.165) is 35.7 Å². The molecule has 1 aromatic carbocycles. The molecule has 0 aliphatic carbocycles. The Morgan fingerprint density at radius 3 is 2.63 bits per heavy atom. The maximum Gasteiger partial charge on any atom is 0.305 e. The molecule has 6 heteroatoms. The number of fused-ring (bicyclic) bond motifs is 1. The van der Waals surface area contributed by atoms with Crippen LogP contribution >= 0.6 is 0 Å². The Labute approximate surface area is 178 Å². The van der Waals surface area contributed by atoms with Gasteiger partial charge >= 0.3 is 5.97 Å². The zero-order chi connectivity index (χ0) is 21.9. The third kappa shape index (κ3) is 7.20. The molecule has 0 amide bonds. The molecule has 0 aliphatic rings. The number of benzene rings is 1. The number of pyridine rings is 1. The molecule has 0 radical (unpaired) electrons. The van der Waals surface area contributed by atoms with Crippen molar-refractivity contribution in [3.8, 4) is 0 Å². The molecule has 0 saturated heterocycles. The highest BCUT2D eigenvalue weighted by molar-refractivity contribution is 5.81. The Hall–Kier alpha value is -2.28. The van der Waals surface area contributed by atoms with Gasteiger partial charge in [0.25, 0.3) is 0 Å². The molecule has 6 nitrogen and oxygen atoms in total. The second-order valence-electron chi connectivity index (χ2n) is 7.55. The monoisotopic (exact) mass is 415 g/mol. The van der Waals surface area contributed by atoms with Crippen molar-refractivity contribution in [1.82, 2.24) is 4.98 Å². The predicted molar refractivity (Wildman–Crippen MR) is 118 cm³/mol. The maximum absolute atomic E-state index is 11.2. The van der Waals surface area contributed by atoms with E-state index in [4.69, 9.17) is 0 Å². The first-order valence-electron chi connectivity index (χ1n) is 10.6. The number of carbonyl (C=O) groups is 1. The van der Waals surface area contributed by atoms with Gasteiger partial charge in [-0.05, 0) is 37.0 Å². The molecular weight excluding hydrogens is 382 g/mol. The fourth-order valence-corrected chi connectivity index (χ4v) is 3.33. The lowest BCUT2D eigenvalue weighted by Gasteiger charge is -2.16. The van der Waals surface area contributed by atoms with Gasteiger partial charge in [-0.25, -0.2) is 4.98 Å². The largest absolute Gasteiger partial charge is 0.469 e. The first kappa shape index (κ1) is 24.0. The number of aromatic nitrogens is 1. The molecule has 0 fully saturated rings. The van der Waals surface area contributed by atoms with Gasteiger partial charge in [0.15, 0.2) is 0 Å². The quantitative estimate of drug-likeness (QED) is 0.359. The third-order valence-electron chi connectivity index (χ3n) is 5.16. The summed E-state index contributed by atoms with van der Waals surface area (Å²) in [6.07, 6.45) is 5.02. The number of carbonyl (C=O) groups excluding carboxylic acids is 1. The Kier molecular flexibility index (Phi) is 9.94. The van der Waals surface area contributed by atoms with Crippen molar-refractivity contribution in [2.45, 2.75) is 70.2 Å². The van der Waals surface area contributed by atoms with Crippen LogP contribution in [0.5, 0.6) is 0 Å². The number of aliphatic hydroxyl groups is 3. The zero-order valence-electron chi connectivity index (χ0n) is 17.8.